The lowest BCUT2D eigenvalue weighted by atomic mass is 9.88. The Hall–Kier alpha value is -2.86. The molecule has 0 aromatic heterocycles. The minimum absolute atomic E-state index is 0.144. The number of ketones is 1. The molecule has 0 unspecified atom stereocenters. The summed E-state index contributed by atoms with van der Waals surface area (Å²) in [6.07, 6.45) is -0.379. The number of para-hydroxylation sites is 1. The van der Waals surface area contributed by atoms with E-state index < -0.39 is 17.3 Å². The molecule has 3 rings (SSSR count). The maximum atomic E-state index is 13.0. The molecule has 0 spiro atoms. The average molecular weight is 369 g/mol. The molecular weight excluding hydrogens is 346 g/mol. The molecular formula is C21H23NO5. The summed E-state index contributed by atoms with van der Waals surface area (Å²) in [6, 6.07) is 11.7. The second-order valence-electron chi connectivity index (χ2n) is 6.81. The zero-order valence-electron chi connectivity index (χ0n) is 15.9. The van der Waals surface area contributed by atoms with Gasteiger partial charge in [-0.25, -0.2) is 0 Å². The van der Waals surface area contributed by atoms with Crippen molar-refractivity contribution in [1.82, 2.24) is 0 Å². The van der Waals surface area contributed by atoms with Crippen LogP contribution in [0, 0.1) is 0 Å². The number of hydrogen-bond donors (Lipinski definition) is 1. The highest BCUT2D eigenvalue weighted by molar-refractivity contribution is 6.11. The number of aliphatic hydroxyl groups is 1. The number of ether oxygens (including phenoxy) is 2. The van der Waals surface area contributed by atoms with Crippen molar-refractivity contribution in [3.8, 4) is 11.5 Å². The van der Waals surface area contributed by atoms with Gasteiger partial charge in [0.15, 0.2) is 11.4 Å². The molecule has 1 heterocycles. The van der Waals surface area contributed by atoms with Crippen LogP contribution >= 0.6 is 0 Å². The lowest BCUT2D eigenvalue weighted by molar-refractivity contribution is -0.136. The molecule has 0 bridgehead atoms. The first-order valence-electron chi connectivity index (χ1n) is 8.74. The van der Waals surface area contributed by atoms with Gasteiger partial charge in [0, 0.05) is 11.6 Å². The van der Waals surface area contributed by atoms with Crippen molar-refractivity contribution in [2.45, 2.75) is 31.9 Å². The Balaban J connectivity index is 2.02. The summed E-state index contributed by atoms with van der Waals surface area (Å²) in [5, 5.41) is 11.3. The minimum atomic E-state index is -1.91. The molecule has 6 heteroatoms. The standard InChI is InChI=1S/C21H23NO5/c1-13(2)22-17-8-6-5-7-16(17)21(25,20(22)24)12-18(23)15-11-14(26-3)9-10-19(15)27-4/h5-11,13,25H,12H2,1-4H3/t21-/m0/s1. The summed E-state index contributed by atoms with van der Waals surface area (Å²) < 4.78 is 10.4. The summed E-state index contributed by atoms with van der Waals surface area (Å²) in [6.45, 7) is 3.74. The predicted octanol–water partition coefficient (Wildman–Crippen LogP) is 2.92. The van der Waals surface area contributed by atoms with Crippen molar-refractivity contribution in [3.63, 3.8) is 0 Å². The third kappa shape index (κ3) is 3.06. The lowest BCUT2D eigenvalue weighted by Crippen LogP contribution is -2.44. The van der Waals surface area contributed by atoms with Crippen molar-refractivity contribution >= 4 is 17.4 Å². The van der Waals surface area contributed by atoms with Crippen LogP contribution in [0.5, 0.6) is 11.5 Å². The molecule has 142 valence electrons. The van der Waals surface area contributed by atoms with E-state index in [0.717, 1.165) is 0 Å². The molecule has 1 N–H and O–H groups in total. The Bertz CT molecular complexity index is 892. The molecule has 2 aromatic rings. The minimum Gasteiger partial charge on any atom is -0.497 e. The molecule has 0 saturated carbocycles. The van der Waals surface area contributed by atoms with Crippen LogP contribution in [0.25, 0.3) is 0 Å². The highest BCUT2D eigenvalue weighted by Crippen LogP contribution is 2.44. The predicted molar refractivity (Wildman–Crippen MR) is 101 cm³/mol. The van der Waals surface area contributed by atoms with Crippen LogP contribution in [0.3, 0.4) is 0 Å². The topological polar surface area (TPSA) is 76.1 Å². The number of hydrogen-bond acceptors (Lipinski definition) is 5. The van der Waals surface area contributed by atoms with Crippen molar-refractivity contribution in [1.29, 1.82) is 0 Å². The third-order valence-corrected chi connectivity index (χ3v) is 4.82. The molecule has 0 radical (unpaired) electrons. The molecule has 1 amide bonds. The van der Waals surface area contributed by atoms with Gasteiger partial charge in [0.1, 0.15) is 11.5 Å². The van der Waals surface area contributed by atoms with E-state index in [-0.39, 0.29) is 18.0 Å². The zero-order chi connectivity index (χ0) is 19.8. The molecule has 0 aliphatic carbocycles. The van der Waals surface area contributed by atoms with Crippen molar-refractivity contribution in [2.75, 3.05) is 19.1 Å². The van der Waals surface area contributed by atoms with E-state index >= 15 is 0 Å². The Morgan fingerprint density at radius 2 is 1.85 bits per heavy atom. The number of carbonyl (C=O) groups excluding carboxylic acids is 2. The number of benzene rings is 2. The highest BCUT2D eigenvalue weighted by Gasteiger charge is 2.51. The van der Waals surface area contributed by atoms with Crippen LogP contribution in [-0.2, 0) is 10.4 Å². The number of carbonyl (C=O) groups is 2. The highest BCUT2D eigenvalue weighted by atomic mass is 16.5. The van der Waals surface area contributed by atoms with Crippen LogP contribution in [0.15, 0.2) is 42.5 Å². The van der Waals surface area contributed by atoms with E-state index in [1.54, 1.807) is 42.5 Å². The van der Waals surface area contributed by atoms with Crippen LogP contribution < -0.4 is 14.4 Å². The SMILES string of the molecule is COc1ccc(OC)c(C(=O)C[C@@]2(O)C(=O)N(C(C)C)c3ccccc32)c1. The molecule has 0 saturated heterocycles. The number of Topliss-reactive ketones (excluding diaryl/α,β-unsaturated/α-hetero) is 1. The summed E-state index contributed by atoms with van der Waals surface area (Å²) in [5.41, 5.74) is -0.575. The summed E-state index contributed by atoms with van der Waals surface area (Å²) in [7, 11) is 2.96. The molecule has 1 aliphatic rings. The van der Waals surface area contributed by atoms with E-state index in [0.29, 0.717) is 22.7 Å². The summed E-state index contributed by atoms with van der Waals surface area (Å²) >= 11 is 0. The first-order chi connectivity index (χ1) is 12.8. The quantitative estimate of drug-likeness (QED) is 0.793. The van der Waals surface area contributed by atoms with E-state index in [1.807, 2.05) is 13.8 Å². The molecule has 0 fully saturated rings. The van der Waals surface area contributed by atoms with Gasteiger partial charge in [-0.05, 0) is 38.1 Å². The largest absolute Gasteiger partial charge is 0.497 e. The maximum Gasteiger partial charge on any atom is 0.264 e. The van der Waals surface area contributed by atoms with Gasteiger partial charge in [-0.15, -0.1) is 0 Å². The molecule has 2 aromatic carbocycles. The first-order valence-corrected chi connectivity index (χ1v) is 8.74. The van der Waals surface area contributed by atoms with E-state index in [1.165, 1.54) is 19.1 Å². The van der Waals surface area contributed by atoms with Gasteiger partial charge < -0.3 is 19.5 Å². The second kappa shape index (κ2) is 7.04. The maximum absolute atomic E-state index is 13.0. The van der Waals surface area contributed by atoms with Crippen LogP contribution in [-0.4, -0.2) is 37.1 Å². The first kappa shape index (κ1) is 18.9. The fourth-order valence-electron chi connectivity index (χ4n) is 3.50. The van der Waals surface area contributed by atoms with E-state index in [2.05, 4.69) is 0 Å². The van der Waals surface area contributed by atoms with Crippen LogP contribution in [0.1, 0.15) is 36.2 Å². The van der Waals surface area contributed by atoms with Crippen molar-refractivity contribution in [2.24, 2.45) is 0 Å². The Morgan fingerprint density at radius 3 is 2.48 bits per heavy atom. The number of nitrogens with zero attached hydrogens (tertiary/aromatic N) is 1. The number of rotatable bonds is 6. The fraction of sp³-hybridized carbons (Fsp3) is 0.333. The smallest absolute Gasteiger partial charge is 0.264 e. The van der Waals surface area contributed by atoms with Gasteiger partial charge in [0.2, 0.25) is 0 Å². The number of fused-ring (bicyclic) bond motifs is 1. The summed E-state index contributed by atoms with van der Waals surface area (Å²) in [5.74, 6) is -0.0344. The van der Waals surface area contributed by atoms with Gasteiger partial charge in [0.05, 0.1) is 31.9 Å². The van der Waals surface area contributed by atoms with Gasteiger partial charge in [-0.3, -0.25) is 9.59 Å². The lowest BCUT2D eigenvalue weighted by Gasteiger charge is -2.25. The number of amides is 1. The second-order valence-corrected chi connectivity index (χ2v) is 6.81. The van der Waals surface area contributed by atoms with E-state index in [4.69, 9.17) is 9.47 Å². The number of anilines is 1. The van der Waals surface area contributed by atoms with Gasteiger partial charge in [0.25, 0.3) is 5.91 Å². The monoisotopic (exact) mass is 369 g/mol. The van der Waals surface area contributed by atoms with Crippen molar-refractivity contribution < 1.29 is 24.2 Å². The fourth-order valence-corrected chi connectivity index (χ4v) is 3.50. The Morgan fingerprint density at radius 1 is 1.15 bits per heavy atom. The molecule has 27 heavy (non-hydrogen) atoms. The summed E-state index contributed by atoms with van der Waals surface area (Å²) in [4.78, 5) is 27.6. The molecule has 1 aliphatic heterocycles. The van der Waals surface area contributed by atoms with E-state index in [9.17, 15) is 14.7 Å². The molecule has 1 atom stereocenters. The Labute approximate surface area is 158 Å². The zero-order valence-corrected chi connectivity index (χ0v) is 15.9. The normalized spacial score (nSPS) is 18.6. The van der Waals surface area contributed by atoms with Crippen LogP contribution in [0.4, 0.5) is 5.69 Å². The average Bonchev–Trinajstić information content (AvgIpc) is 2.88. The third-order valence-electron chi connectivity index (χ3n) is 4.82. The Kier molecular flexibility index (Phi) is 4.93. The van der Waals surface area contributed by atoms with Gasteiger partial charge in [-0.2, -0.15) is 0 Å². The van der Waals surface area contributed by atoms with Gasteiger partial charge >= 0.3 is 0 Å². The van der Waals surface area contributed by atoms with Crippen molar-refractivity contribution in [3.05, 3.63) is 53.6 Å². The van der Waals surface area contributed by atoms with Crippen LogP contribution in [0.2, 0.25) is 0 Å². The number of methoxy groups -OCH3 is 2. The van der Waals surface area contributed by atoms with Gasteiger partial charge in [-0.1, -0.05) is 18.2 Å². The molecule has 6 nitrogen and oxygen atoms in total.